The highest BCUT2D eigenvalue weighted by atomic mass is 16.5. The van der Waals surface area contributed by atoms with Crippen molar-refractivity contribution in [2.75, 3.05) is 18.0 Å². The molecule has 2 aromatic heterocycles. The maximum absolute atomic E-state index is 5.75. The van der Waals surface area contributed by atoms with Crippen molar-refractivity contribution in [3.05, 3.63) is 29.6 Å². The molecule has 0 aromatic carbocycles. The van der Waals surface area contributed by atoms with Crippen LogP contribution in [0.3, 0.4) is 0 Å². The third-order valence-corrected chi connectivity index (χ3v) is 3.61. The fourth-order valence-electron chi connectivity index (χ4n) is 2.83. The minimum Gasteiger partial charge on any atom is -0.372 e. The highest BCUT2D eigenvalue weighted by molar-refractivity contribution is 5.40. The van der Waals surface area contributed by atoms with E-state index in [4.69, 9.17) is 4.74 Å². The lowest BCUT2D eigenvalue weighted by atomic mass is 10.2. The third kappa shape index (κ3) is 2.90. The number of morpholine rings is 1. The molecule has 112 valence electrons. The smallest absolute Gasteiger partial charge is 0.176 e. The van der Waals surface area contributed by atoms with Crippen LogP contribution in [0.1, 0.15) is 25.2 Å². The van der Waals surface area contributed by atoms with Crippen LogP contribution in [0.25, 0.3) is 5.82 Å². The zero-order chi connectivity index (χ0) is 15.0. The fraction of sp³-hybridized carbons (Fsp3) is 0.533. The Kier molecular flexibility index (Phi) is 3.63. The van der Waals surface area contributed by atoms with Gasteiger partial charge in [-0.2, -0.15) is 5.10 Å². The Balaban J connectivity index is 1.82. The number of aromatic nitrogens is 4. The van der Waals surface area contributed by atoms with E-state index in [-0.39, 0.29) is 12.2 Å². The molecule has 3 rings (SSSR count). The molecule has 0 spiro atoms. The Morgan fingerprint density at radius 2 is 1.67 bits per heavy atom. The maximum atomic E-state index is 5.75. The van der Waals surface area contributed by atoms with Crippen LogP contribution in [0.4, 0.5) is 5.82 Å². The normalized spacial score (nSPS) is 22.6. The van der Waals surface area contributed by atoms with Crippen LogP contribution in [-0.4, -0.2) is 45.3 Å². The number of hydrogen-bond donors (Lipinski definition) is 0. The summed E-state index contributed by atoms with van der Waals surface area (Å²) in [5.41, 5.74) is 2.04. The highest BCUT2D eigenvalue weighted by Crippen LogP contribution is 2.18. The molecular formula is C15H21N5O. The average Bonchev–Trinajstić information content (AvgIpc) is 2.77. The van der Waals surface area contributed by atoms with Crippen molar-refractivity contribution >= 4 is 5.82 Å². The lowest BCUT2D eigenvalue weighted by Crippen LogP contribution is -2.45. The summed E-state index contributed by atoms with van der Waals surface area (Å²) in [6, 6.07) is 6.00. The number of anilines is 1. The first kappa shape index (κ1) is 14.0. The van der Waals surface area contributed by atoms with Crippen LogP contribution in [0.15, 0.2) is 18.2 Å². The maximum Gasteiger partial charge on any atom is 0.176 e. The zero-order valence-electron chi connectivity index (χ0n) is 12.9. The molecule has 1 aliphatic heterocycles. The Hall–Kier alpha value is -1.95. The van der Waals surface area contributed by atoms with E-state index in [0.29, 0.717) is 0 Å². The van der Waals surface area contributed by atoms with E-state index in [2.05, 4.69) is 34.0 Å². The van der Waals surface area contributed by atoms with E-state index < -0.39 is 0 Å². The van der Waals surface area contributed by atoms with Gasteiger partial charge in [0.25, 0.3) is 0 Å². The van der Waals surface area contributed by atoms with Gasteiger partial charge in [0.2, 0.25) is 0 Å². The summed E-state index contributed by atoms with van der Waals surface area (Å²) in [6.07, 6.45) is 0.428. The van der Waals surface area contributed by atoms with E-state index in [1.807, 2.05) is 36.7 Å². The van der Waals surface area contributed by atoms with Gasteiger partial charge in [-0.3, -0.25) is 0 Å². The molecule has 0 bridgehead atoms. The van der Waals surface area contributed by atoms with Crippen molar-refractivity contribution in [2.45, 2.75) is 39.9 Å². The SMILES string of the molecule is Cc1cc(C)n(-c2ccc(N3C[C@H](C)O[C@@H](C)C3)nn2)n1. The molecule has 0 N–H and O–H groups in total. The van der Waals surface area contributed by atoms with E-state index >= 15 is 0 Å². The molecule has 2 atom stereocenters. The quantitative estimate of drug-likeness (QED) is 0.844. The van der Waals surface area contributed by atoms with Crippen molar-refractivity contribution in [2.24, 2.45) is 0 Å². The average molecular weight is 287 g/mol. The van der Waals surface area contributed by atoms with E-state index in [1.54, 1.807) is 0 Å². The molecule has 6 nitrogen and oxygen atoms in total. The molecule has 2 aromatic rings. The molecule has 1 aliphatic rings. The molecular weight excluding hydrogens is 266 g/mol. The third-order valence-electron chi connectivity index (χ3n) is 3.61. The first-order valence-electron chi connectivity index (χ1n) is 7.30. The summed E-state index contributed by atoms with van der Waals surface area (Å²) in [4.78, 5) is 2.22. The number of ether oxygens (including phenoxy) is 1. The summed E-state index contributed by atoms with van der Waals surface area (Å²) in [5.74, 6) is 1.64. The Labute approximate surface area is 124 Å². The van der Waals surface area contributed by atoms with Crippen LogP contribution in [0, 0.1) is 13.8 Å². The van der Waals surface area contributed by atoms with Crippen LogP contribution in [0.5, 0.6) is 0 Å². The molecule has 3 heterocycles. The first-order valence-corrected chi connectivity index (χ1v) is 7.30. The van der Waals surface area contributed by atoms with Crippen LogP contribution in [-0.2, 0) is 4.74 Å². The van der Waals surface area contributed by atoms with Gasteiger partial charge in [0, 0.05) is 18.8 Å². The van der Waals surface area contributed by atoms with E-state index in [0.717, 1.165) is 36.1 Å². The highest BCUT2D eigenvalue weighted by Gasteiger charge is 2.23. The van der Waals surface area contributed by atoms with Gasteiger partial charge in [0.05, 0.1) is 17.9 Å². The molecule has 0 aliphatic carbocycles. The first-order chi connectivity index (χ1) is 10.0. The van der Waals surface area contributed by atoms with Gasteiger partial charge in [-0.25, -0.2) is 4.68 Å². The molecule has 1 fully saturated rings. The summed E-state index contributed by atoms with van der Waals surface area (Å²) in [5, 5.41) is 13.1. The monoisotopic (exact) mass is 287 g/mol. The zero-order valence-corrected chi connectivity index (χ0v) is 12.9. The Morgan fingerprint density at radius 3 is 2.19 bits per heavy atom. The van der Waals surface area contributed by atoms with Gasteiger partial charge in [-0.15, -0.1) is 10.2 Å². The van der Waals surface area contributed by atoms with Crippen LogP contribution < -0.4 is 4.90 Å². The Morgan fingerprint density at radius 1 is 1.05 bits per heavy atom. The van der Waals surface area contributed by atoms with Crippen LogP contribution >= 0.6 is 0 Å². The predicted octanol–water partition coefficient (Wildman–Crippen LogP) is 1.89. The van der Waals surface area contributed by atoms with Crippen LogP contribution in [0.2, 0.25) is 0 Å². The van der Waals surface area contributed by atoms with Gasteiger partial charge < -0.3 is 9.64 Å². The van der Waals surface area contributed by atoms with Gasteiger partial charge in [0.1, 0.15) is 0 Å². The summed E-state index contributed by atoms with van der Waals surface area (Å²) < 4.78 is 7.56. The van der Waals surface area contributed by atoms with Crippen molar-refractivity contribution in [1.82, 2.24) is 20.0 Å². The number of hydrogen-bond acceptors (Lipinski definition) is 5. The number of rotatable bonds is 2. The standard InChI is InChI=1S/C15H21N5O/c1-10-7-11(2)20(18-10)15-6-5-14(16-17-15)19-8-12(3)21-13(4)9-19/h5-7,12-13H,8-9H2,1-4H3/t12-,13-/m0/s1. The van der Waals surface area contributed by atoms with Gasteiger partial charge in [-0.05, 0) is 45.9 Å². The minimum absolute atomic E-state index is 0.214. The molecule has 0 saturated carbocycles. The largest absolute Gasteiger partial charge is 0.372 e. The summed E-state index contributed by atoms with van der Waals surface area (Å²) >= 11 is 0. The molecule has 0 radical (unpaired) electrons. The van der Waals surface area contributed by atoms with Gasteiger partial charge >= 0.3 is 0 Å². The van der Waals surface area contributed by atoms with E-state index in [1.165, 1.54) is 0 Å². The molecule has 0 unspecified atom stereocenters. The number of aryl methyl sites for hydroxylation is 2. The van der Waals surface area contributed by atoms with Gasteiger partial charge in [0.15, 0.2) is 11.6 Å². The fourth-order valence-corrected chi connectivity index (χ4v) is 2.83. The lowest BCUT2D eigenvalue weighted by molar-refractivity contribution is -0.00550. The summed E-state index contributed by atoms with van der Waals surface area (Å²) in [7, 11) is 0. The molecule has 6 heteroatoms. The van der Waals surface area contributed by atoms with Gasteiger partial charge in [-0.1, -0.05) is 0 Å². The van der Waals surface area contributed by atoms with Crippen molar-refractivity contribution in [3.63, 3.8) is 0 Å². The summed E-state index contributed by atoms with van der Waals surface area (Å²) in [6.45, 7) is 9.85. The minimum atomic E-state index is 0.214. The van der Waals surface area contributed by atoms with Crippen molar-refractivity contribution in [3.8, 4) is 5.82 Å². The van der Waals surface area contributed by atoms with Crippen molar-refractivity contribution < 1.29 is 4.74 Å². The van der Waals surface area contributed by atoms with E-state index in [9.17, 15) is 0 Å². The topological polar surface area (TPSA) is 56.1 Å². The number of nitrogens with zero attached hydrogens (tertiary/aromatic N) is 5. The second-order valence-electron chi connectivity index (χ2n) is 5.75. The second-order valence-corrected chi connectivity index (χ2v) is 5.75. The Bertz CT molecular complexity index is 611. The lowest BCUT2D eigenvalue weighted by Gasteiger charge is -2.35. The van der Waals surface area contributed by atoms with Crippen molar-refractivity contribution in [1.29, 1.82) is 0 Å². The molecule has 1 saturated heterocycles. The second kappa shape index (κ2) is 5.44. The molecule has 21 heavy (non-hydrogen) atoms. The predicted molar refractivity (Wildman–Crippen MR) is 80.9 cm³/mol. The molecule has 0 amide bonds.